The van der Waals surface area contributed by atoms with Gasteiger partial charge in [-0.25, -0.2) is 0 Å². The highest BCUT2D eigenvalue weighted by Gasteiger charge is 2.23. The highest BCUT2D eigenvalue weighted by atomic mass is 16.4. The van der Waals surface area contributed by atoms with Gasteiger partial charge in [-0.15, -0.1) is 0 Å². The lowest BCUT2D eigenvalue weighted by atomic mass is 10.0. The smallest absolute Gasteiger partial charge is 0.327 e. The van der Waals surface area contributed by atoms with Crippen LogP contribution in [0.15, 0.2) is 30.3 Å². The monoisotopic (exact) mass is 255 g/mol. The van der Waals surface area contributed by atoms with Gasteiger partial charge in [0.25, 0.3) is 0 Å². The molecule has 1 aromatic carbocycles. The van der Waals surface area contributed by atoms with Crippen LogP contribution in [0.2, 0.25) is 0 Å². The molecule has 3 N–H and O–H groups in total. The van der Waals surface area contributed by atoms with Gasteiger partial charge in [0.15, 0.2) is 5.92 Å². The quantitative estimate of drug-likeness (QED) is 0.849. The number of hydrogen-bond acceptors (Lipinski definition) is 4. The molecule has 2 rings (SSSR count). The van der Waals surface area contributed by atoms with Gasteiger partial charge in [-0.2, -0.15) is 5.26 Å². The fourth-order valence-corrected chi connectivity index (χ4v) is 1.80. The minimum absolute atomic E-state index is 0.00231. The van der Waals surface area contributed by atoms with E-state index >= 15 is 0 Å². The van der Waals surface area contributed by atoms with Crippen molar-refractivity contribution >= 4 is 22.8 Å². The molecule has 6 heteroatoms. The summed E-state index contributed by atoms with van der Waals surface area (Å²) in [5.41, 5.74) is 5.85. The molecule has 0 saturated heterocycles. The third-order valence-corrected chi connectivity index (χ3v) is 2.67. The number of carbonyl (C=O) groups excluding carboxylic acids is 1. The molecule has 0 fully saturated rings. The molecule has 94 valence electrons. The maximum absolute atomic E-state index is 11.4. The van der Waals surface area contributed by atoms with Crippen molar-refractivity contribution in [1.29, 1.82) is 5.26 Å². The molecule has 0 bridgehead atoms. The number of rotatable bonds is 3. The number of hydrogen-bond donors (Lipinski definition) is 2. The van der Waals surface area contributed by atoms with Crippen LogP contribution in [0.3, 0.4) is 0 Å². The predicted octanol–water partition coefficient (Wildman–Crippen LogP) is 1.03. The Hall–Kier alpha value is -2.94. The van der Waals surface area contributed by atoms with Crippen molar-refractivity contribution in [1.82, 2.24) is 4.98 Å². The number of aromatic nitrogens is 1. The highest BCUT2D eigenvalue weighted by molar-refractivity contribution is 6.05. The number of carboxylic acid groups (broad SMARTS) is 1. The maximum atomic E-state index is 11.4. The van der Waals surface area contributed by atoms with Crippen LogP contribution in [0.5, 0.6) is 0 Å². The van der Waals surface area contributed by atoms with Crippen molar-refractivity contribution in [2.45, 2.75) is 5.92 Å². The van der Waals surface area contributed by atoms with Crippen LogP contribution in [0.4, 0.5) is 0 Å². The van der Waals surface area contributed by atoms with Crippen molar-refractivity contribution in [3.05, 3.63) is 41.6 Å². The average Bonchev–Trinajstić information content (AvgIpc) is 2.38. The second kappa shape index (κ2) is 4.74. The van der Waals surface area contributed by atoms with E-state index in [9.17, 15) is 9.59 Å². The number of primary amides is 1. The summed E-state index contributed by atoms with van der Waals surface area (Å²) in [6.07, 6.45) is 0. The van der Waals surface area contributed by atoms with E-state index in [4.69, 9.17) is 16.1 Å². The van der Waals surface area contributed by atoms with Gasteiger partial charge in [-0.3, -0.25) is 14.6 Å². The fourth-order valence-electron chi connectivity index (χ4n) is 1.80. The zero-order chi connectivity index (χ0) is 14.0. The number of nitrogens with two attached hydrogens (primary N) is 1. The Morgan fingerprint density at radius 2 is 2.05 bits per heavy atom. The lowest BCUT2D eigenvalue weighted by molar-refractivity contribution is -0.137. The van der Waals surface area contributed by atoms with E-state index in [1.807, 2.05) is 0 Å². The van der Waals surface area contributed by atoms with Crippen molar-refractivity contribution < 1.29 is 14.7 Å². The fraction of sp³-hybridized carbons (Fsp3) is 0.0769. The van der Waals surface area contributed by atoms with Crippen LogP contribution in [0.25, 0.3) is 10.9 Å². The van der Waals surface area contributed by atoms with E-state index in [1.54, 1.807) is 30.3 Å². The van der Waals surface area contributed by atoms with E-state index in [1.165, 1.54) is 6.07 Å². The van der Waals surface area contributed by atoms with Gasteiger partial charge in [-0.05, 0) is 12.1 Å². The summed E-state index contributed by atoms with van der Waals surface area (Å²) in [4.78, 5) is 26.5. The van der Waals surface area contributed by atoms with Gasteiger partial charge in [-0.1, -0.05) is 18.2 Å². The molecule has 19 heavy (non-hydrogen) atoms. The Labute approximate surface area is 108 Å². The standard InChI is InChI=1S/C13H9N3O3/c14-6-9(13(18)19)11-5-8(12(15)17)7-3-1-2-4-10(7)16-11/h1-5,9H,(H2,15,17)(H,18,19). The van der Waals surface area contributed by atoms with E-state index in [-0.39, 0.29) is 11.3 Å². The number of nitriles is 1. The number of para-hydroxylation sites is 1. The van der Waals surface area contributed by atoms with Crippen molar-refractivity contribution in [3.63, 3.8) is 0 Å². The average molecular weight is 255 g/mol. The molecular weight excluding hydrogens is 246 g/mol. The van der Waals surface area contributed by atoms with E-state index < -0.39 is 17.8 Å². The van der Waals surface area contributed by atoms with Crippen molar-refractivity contribution in [3.8, 4) is 6.07 Å². The van der Waals surface area contributed by atoms with Crippen molar-refractivity contribution in [2.24, 2.45) is 5.73 Å². The summed E-state index contributed by atoms with van der Waals surface area (Å²) in [6, 6.07) is 9.60. The first kappa shape index (κ1) is 12.5. The van der Waals surface area contributed by atoms with Crippen LogP contribution >= 0.6 is 0 Å². The zero-order valence-electron chi connectivity index (χ0n) is 9.70. The van der Waals surface area contributed by atoms with E-state index in [2.05, 4.69) is 4.98 Å². The topological polar surface area (TPSA) is 117 Å². The second-order valence-electron chi connectivity index (χ2n) is 3.88. The number of pyridine rings is 1. The van der Waals surface area contributed by atoms with Gasteiger partial charge in [0, 0.05) is 5.39 Å². The molecule has 6 nitrogen and oxygen atoms in total. The molecular formula is C13H9N3O3. The molecule has 0 spiro atoms. The molecule has 1 unspecified atom stereocenters. The van der Waals surface area contributed by atoms with Gasteiger partial charge in [0.1, 0.15) is 0 Å². The van der Waals surface area contributed by atoms with E-state index in [0.29, 0.717) is 10.9 Å². The predicted molar refractivity (Wildman–Crippen MR) is 66.3 cm³/mol. The number of carbonyl (C=O) groups is 2. The largest absolute Gasteiger partial charge is 0.480 e. The summed E-state index contributed by atoms with van der Waals surface area (Å²) in [5, 5.41) is 18.3. The Kier molecular flexibility index (Phi) is 3.12. The van der Waals surface area contributed by atoms with Crippen LogP contribution < -0.4 is 5.73 Å². The molecule has 0 saturated carbocycles. The molecule has 2 aromatic rings. The minimum atomic E-state index is -1.43. The van der Waals surface area contributed by atoms with Crippen LogP contribution in [-0.4, -0.2) is 22.0 Å². The van der Waals surface area contributed by atoms with E-state index in [0.717, 1.165) is 0 Å². The molecule has 1 heterocycles. The summed E-state index contributed by atoms with van der Waals surface area (Å²) in [6.45, 7) is 0. The zero-order valence-corrected chi connectivity index (χ0v) is 9.70. The van der Waals surface area contributed by atoms with Gasteiger partial charge in [0.05, 0.1) is 22.8 Å². The second-order valence-corrected chi connectivity index (χ2v) is 3.88. The van der Waals surface area contributed by atoms with Crippen LogP contribution in [-0.2, 0) is 4.79 Å². The Balaban J connectivity index is 2.75. The number of carboxylic acids is 1. The first-order chi connectivity index (χ1) is 9.04. The Morgan fingerprint density at radius 1 is 1.37 bits per heavy atom. The molecule has 0 aliphatic carbocycles. The number of fused-ring (bicyclic) bond motifs is 1. The summed E-state index contributed by atoms with van der Waals surface area (Å²) in [7, 11) is 0. The summed E-state index contributed by atoms with van der Waals surface area (Å²) in [5.74, 6) is -3.44. The molecule has 0 aliphatic rings. The highest BCUT2D eigenvalue weighted by Crippen LogP contribution is 2.22. The van der Waals surface area contributed by atoms with Crippen LogP contribution in [0, 0.1) is 11.3 Å². The molecule has 1 aromatic heterocycles. The third-order valence-electron chi connectivity index (χ3n) is 2.67. The van der Waals surface area contributed by atoms with Crippen LogP contribution in [0.1, 0.15) is 22.0 Å². The third kappa shape index (κ3) is 2.21. The molecule has 0 aliphatic heterocycles. The lowest BCUT2D eigenvalue weighted by Crippen LogP contribution is -2.16. The maximum Gasteiger partial charge on any atom is 0.327 e. The molecule has 1 amide bonds. The first-order valence-corrected chi connectivity index (χ1v) is 5.36. The first-order valence-electron chi connectivity index (χ1n) is 5.36. The Morgan fingerprint density at radius 3 is 2.63 bits per heavy atom. The SMILES string of the molecule is N#CC(C(=O)O)c1cc(C(N)=O)c2ccccc2n1. The normalized spacial score (nSPS) is 11.7. The Bertz CT molecular complexity index is 719. The number of amides is 1. The summed E-state index contributed by atoms with van der Waals surface area (Å²) < 4.78 is 0. The lowest BCUT2D eigenvalue weighted by Gasteiger charge is -2.08. The molecule has 1 atom stereocenters. The van der Waals surface area contributed by atoms with Gasteiger partial charge < -0.3 is 10.8 Å². The van der Waals surface area contributed by atoms with Gasteiger partial charge >= 0.3 is 5.97 Å². The summed E-state index contributed by atoms with van der Waals surface area (Å²) >= 11 is 0. The van der Waals surface area contributed by atoms with Gasteiger partial charge in [0.2, 0.25) is 5.91 Å². The number of nitrogens with zero attached hydrogens (tertiary/aromatic N) is 2. The number of aliphatic carboxylic acids is 1. The number of benzene rings is 1. The minimum Gasteiger partial charge on any atom is -0.480 e. The molecule has 0 radical (unpaired) electrons. The van der Waals surface area contributed by atoms with Crippen molar-refractivity contribution in [2.75, 3.05) is 0 Å².